The maximum absolute atomic E-state index is 11.4. The van der Waals surface area contributed by atoms with Gasteiger partial charge in [-0.15, -0.1) is 11.3 Å². The lowest BCUT2D eigenvalue weighted by Gasteiger charge is -2.04. The Kier molecular flexibility index (Phi) is 5.53. The minimum Gasteiger partial charge on any atom is -0.326 e. The zero-order valence-electron chi connectivity index (χ0n) is 13.8. The van der Waals surface area contributed by atoms with Gasteiger partial charge >= 0.3 is 0 Å². The van der Waals surface area contributed by atoms with Crippen LogP contribution in [0.2, 0.25) is 0 Å². The van der Waals surface area contributed by atoms with E-state index in [1.165, 1.54) is 11.3 Å². The molecule has 25 heavy (non-hydrogen) atoms. The molecule has 0 spiro atoms. The Bertz CT molecular complexity index is 857. The van der Waals surface area contributed by atoms with Crippen molar-refractivity contribution in [2.24, 2.45) is 5.10 Å². The molecule has 6 heteroatoms. The quantitative estimate of drug-likeness (QED) is 0.504. The molecule has 0 aliphatic rings. The lowest BCUT2D eigenvalue weighted by Crippen LogP contribution is -2.08. The number of thiazole rings is 1. The third kappa shape index (κ3) is 4.74. The van der Waals surface area contributed by atoms with Gasteiger partial charge in [0.25, 0.3) is 0 Å². The SMILES string of the molecule is CCC(=O)Nc1ccc(-c2csc(NN=Cc3ccccc3)n2)cc1. The fourth-order valence-electron chi connectivity index (χ4n) is 2.13. The average molecular weight is 350 g/mol. The molecule has 0 radical (unpaired) electrons. The smallest absolute Gasteiger partial charge is 0.224 e. The number of nitrogens with zero attached hydrogens (tertiary/aromatic N) is 2. The van der Waals surface area contributed by atoms with Crippen LogP contribution in [0.4, 0.5) is 10.8 Å². The number of hydrogen-bond donors (Lipinski definition) is 2. The Morgan fingerprint density at radius 1 is 1.16 bits per heavy atom. The molecule has 3 aromatic rings. The van der Waals surface area contributed by atoms with E-state index in [2.05, 4.69) is 20.8 Å². The molecule has 0 saturated heterocycles. The van der Waals surface area contributed by atoms with Crippen LogP contribution >= 0.6 is 11.3 Å². The molecule has 0 aliphatic carbocycles. The summed E-state index contributed by atoms with van der Waals surface area (Å²) >= 11 is 1.49. The number of aromatic nitrogens is 1. The van der Waals surface area contributed by atoms with Crippen molar-refractivity contribution in [3.8, 4) is 11.3 Å². The molecule has 2 aromatic carbocycles. The van der Waals surface area contributed by atoms with Gasteiger partial charge in [0.05, 0.1) is 11.9 Å². The normalized spacial score (nSPS) is 10.8. The van der Waals surface area contributed by atoms with E-state index < -0.39 is 0 Å². The minimum absolute atomic E-state index is 0.00386. The van der Waals surface area contributed by atoms with E-state index in [1.54, 1.807) is 6.21 Å². The van der Waals surface area contributed by atoms with Crippen LogP contribution in [0.15, 0.2) is 65.1 Å². The minimum atomic E-state index is 0.00386. The van der Waals surface area contributed by atoms with Crippen LogP contribution in [-0.2, 0) is 4.79 Å². The highest BCUT2D eigenvalue weighted by molar-refractivity contribution is 7.14. The summed E-state index contributed by atoms with van der Waals surface area (Å²) in [5.74, 6) is 0.00386. The van der Waals surface area contributed by atoms with E-state index in [-0.39, 0.29) is 5.91 Å². The van der Waals surface area contributed by atoms with E-state index in [0.29, 0.717) is 6.42 Å². The van der Waals surface area contributed by atoms with E-state index in [1.807, 2.05) is 66.9 Å². The number of nitrogens with one attached hydrogen (secondary N) is 2. The van der Waals surface area contributed by atoms with Crippen LogP contribution in [0, 0.1) is 0 Å². The number of rotatable bonds is 6. The molecule has 1 aromatic heterocycles. The lowest BCUT2D eigenvalue weighted by molar-refractivity contribution is -0.115. The Balaban J connectivity index is 1.63. The highest BCUT2D eigenvalue weighted by atomic mass is 32.1. The molecule has 5 nitrogen and oxygen atoms in total. The van der Waals surface area contributed by atoms with Gasteiger partial charge in [-0.05, 0) is 17.7 Å². The van der Waals surface area contributed by atoms with Gasteiger partial charge in [0.2, 0.25) is 11.0 Å². The second-order valence-corrected chi connectivity index (χ2v) is 6.16. The predicted octanol–water partition coefficient (Wildman–Crippen LogP) is 4.60. The van der Waals surface area contributed by atoms with Crippen LogP contribution in [0.3, 0.4) is 0 Å². The molecule has 0 saturated carbocycles. The maximum Gasteiger partial charge on any atom is 0.224 e. The zero-order chi connectivity index (χ0) is 17.5. The molecule has 0 fully saturated rings. The van der Waals surface area contributed by atoms with Crippen molar-refractivity contribution in [1.29, 1.82) is 0 Å². The first kappa shape index (κ1) is 16.9. The van der Waals surface area contributed by atoms with Crippen molar-refractivity contribution in [3.63, 3.8) is 0 Å². The Morgan fingerprint density at radius 2 is 1.92 bits per heavy atom. The summed E-state index contributed by atoms with van der Waals surface area (Å²) in [5.41, 5.74) is 6.62. The molecule has 0 aliphatic heterocycles. The summed E-state index contributed by atoms with van der Waals surface area (Å²) in [4.78, 5) is 15.9. The largest absolute Gasteiger partial charge is 0.326 e. The summed E-state index contributed by atoms with van der Waals surface area (Å²) in [6.07, 6.45) is 2.22. The van der Waals surface area contributed by atoms with Crippen LogP contribution in [0.25, 0.3) is 11.3 Å². The van der Waals surface area contributed by atoms with Crippen molar-refractivity contribution in [2.45, 2.75) is 13.3 Å². The first-order chi connectivity index (χ1) is 12.2. The van der Waals surface area contributed by atoms with Gasteiger partial charge in [0.1, 0.15) is 0 Å². The number of carbonyl (C=O) groups excluding carboxylic acids is 1. The number of hydrazone groups is 1. The van der Waals surface area contributed by atoms with Crippen molar-refractivity contribution in [3.05, 3.63) is 65.5 Å². The van der Waals surface area contributed by atoms with Crippen molar-refractivity contribution < 1.29 is 4.79 Å². The summed E-state index contributed by atoms with van der Waals surface area (Å²) in [6, 6.07) is 17.5. The summed E-state index contributed by atoms with van der Waals surface area (Å²) < 4.78 is 0. The number of amides is 1. The first-order valence-corrected chi connectivity index (χ1v) is 8.82. The van der Waals surface area contributed by atoms with Crippen LogP contribution in [-0.4, -0.2) is 17.1 Å². The van der Waals surface area contributed by atoms with E-state index >= 15 is 0 Å². The Hall–Kier alpha value is -2.99. The molecule has 0 bridgehead atoms. The summed E-state index contributed by atoms with van der Waals surface area (Å²) in [6.45, 7) is 1.83. The fraction of sp³-hybridized carbons (Fsp3) is 0.105. The van der Waals surface area contributed by atoms with Gasteiger partial charge in [0, 0.05) is 23.1 Å². The van der Waals surface area contributed by atoms with E-state index in [0.717, 1.165) is 27.6 Å². The second kappa shape index (κ2) is 8.21. The molecule has 1 amide bonds. The average Bonchev–Trinajstić information content (AvgIpc) is 3.12. The molecular formula is C19H18N4OS. The van der Waals surface area contributed by atoms with Crippen molar-refractivity contribution >= 4 is 34.3 Å². The van der Waals surface area contributed by atoms with Crippen LogP contribution in [0.1, 0.15) is 18.9 Å². The number of anilines is 2. The number of hydrogen-bond acceptors (Lipinski definition) is 5. The monoisotopic (exact) mass is 350 g/mol. The molecule has 0 unspecified atom stereocenters. The standard InChI is InChI=1S/C19H18N4OS/c1-2-18(24)21-16-10-8-15(9-11-16)17-13-25-19(22-17)23-20-12-14-6-4-3-5-7-14/h3-13H,2H2,1H3,(H,21,24)(H,22,23). The van der Waals surface area contributed by atoms with Gasteiger partial charge in [-0.2, -0.15) is 5.10 Å². The summed E-state index contributed by atoms with van der Waals surface area (Å²) in [5, 5.41) is 9.73. The van der Waals surface area contributed by atoms with Gasteiger partial charge in [0.15, 0.2) is 0 Å². The molecule has 1 heterocycles. The maximum atomic E-state index is 11.4. The van der Waals surface area contributed by atoms with E-state index in [9.17, 15) is 4.79 Å². The van der Waals surface area contributed by atoms with Gasteiger partial charge < -0.3 is 5.32 Å². The summed E-state index contributed by atoms with van der Waals surface area (Å²) in [7, 11) is 0. The highest BCUT2D eigenvalue weighted by Crippen LogP contribution is 2.26. The van der Waals surface area contributed by atoms with Crippen LogP contribution < -0.4 is 10.7 Å². The Morgan fingerprint density at radius 3 is 2.64 bits per heavy atom. The third-order valence-corrected chi connectivity index (χ3v) is 4.21. The molecule has 126 valence electrons. The molecule has 0 atom stereocenters. The Labute approximate surface area is 150 Å². The third-order valence-electron chi connectivity index (χ3n) is 3.46. The highest BCUT2D eigenvalue weighted by Gasteiger charge is 2.05. The fourth-order valence-corrected chi connectivity index (χ4v) is 2.80. The van der Waals surface area contributed by atoms with Crippen LogP contribution in [0.5, 0.6) is 0 Å². The van der Waals surface area contributed by atoms with Crippen molar-refractivity contribution in [2.75, 3.05) is 10.7 Å². The van der Waals surface area contributed by atoms with Crippen molar-refractivity contribution in [1.82, 2.24) is 4.98 Å². The predicted molar refractivity (Wildman–Crippen MR) is 104 cm³/mol. The zero-order valence-corrected chi connectivity index (χ0v) is 14.6. The second-order valence-electron chi connectivity index (χ2n) is 5.30. The first-order valence-electron chi connectivity index (χ1n) is 7.94. The molecule has 2 N–H and O–H groups in total. The van der Waals surface area contributed by atoms with Gasteiger partial charge in [-0.25, -0.2) is 4.98 Å². The molecular weight excluding hydrogens is 332 g/mol. The number of benzene rings is 2. The lowest BCUT2D eigenvalue weighted by atomic mass is 10.1. The molecule has 3 rings (SSSR count). The van der Waals surface area contributed by atoms with Gasteiger partial charge in [-0.3, -0.25) is 10.2 Å². The number of carbonyl (C=O) groups is 1. The van der Waals surface area contributed by atoms with E-state index in [4.69, 9.17) is 0 Å². The van der Waals surface area contributed by atoms with Gasteiger partial charge in [-0.1, -0.05) is 49.4 Å². The topological polar surface area (TPSA) is 66.4 Å².